The first-order chi connectivity index (χ1) is 7.16. The maximum absolute atomic E-state index is 11.1. The zero-order valence-electron chi connectivity index (χ0n) is 7.68. The molecule has 0 radical (unpaired) electrons. The summed E-state index contributed by atoms with van der Waals surface area (Å²) in [5.74, 6) is 5.48. The number of rotatable bonds is 1. The van der Waals surface area contributed by atoms with E-state index in [1.807, 2.05) is 0 Å². The van der Waals surface area contributed by atoms with Gasteiger partial charge >= 0.3 is 98.1 Å². The first-order valence-electron chi connectivity index (χ1n) is 4.21. The van der Waals surface area contributed by atoms with E-state index in [1.54, 1.807) is 24.3 Å². The standard InChI is InChI=1S/C9H8ClN3OSe/c10-6-1-3-7(4-2-6)12-9-13(11)8(14)5-15-9/h1-4H,5,11H2. The van der Waals surface area contributed by atoms with Gasteiger partial charge in [0.05, 0.1) is 0 Å². The molecule has 1 aromatic rings. The molecule has 4 nitrogen and oxygen atoms in total. The van der Waals surface area contributed by atoms with E-state index < -0.39 is 0 Å². The van der Waals surface area contributed by atoms with Crippen LogP contribution in [0.2, 0.25) is 10.3 Å². The molecule has 1 aliphatic rings. The summed E-state index contributed by atoms with van der Waals surface area (Å²) in [6, 6.07) is 7.10. The van der Waals surface area contributed by atoms with Crippen LogP contribution in [0.5, 0.6) is 0 Å². The average Bonchev–Trinajstić information content (AvgIpc) is 2.53. The van der Waals surface area contributed by atoms with Crippen molar-refractivity contribution >= 4 is 42.9 Å². The zero-order chi connectivity index (χ0) is 10.8. The number of nitrogens with two attached hydrogens (primary N) is 1. The van der Waals surface area contributed by atoms with Crippen LogP contribution < -0.4 is 5.84 Å². The summed E-state index contributed by atoms with van der Waals surface area (Å²) in [7, 11) is 0. The Labute approximate surface area is 98.2 Å². The van der Waals surface area contributed by atoms with Crippen molar-refractivity contribution in [2.45, 2.75) is 5.32 Å². The molecule has 6 heteroatoms. The monoisotopic (exact) mass is 289 g/mol. The second-order valence-electron chi connectivity index (χ2n) is 2.92. The Kier molecular flexibility index (Phi) is 3.07. The molecule has 1 aliphatic heterocycles. The summed E-state index contributed by atoms with van der Waals surface area (Å²) in [4.78, 5) is 15.4. The minimum atomic E-state index is -0.0669. The number of amides is 1. The summed E-state index contributed by atoms with van der Waals surface area (Å²) in [6.45, 7) is 0. The van der Waals surface area contributed by atoms with Gasteiger partial charge in [-0.2, -0.15) is 0 Å². The van der Waals surface area contributed by atoms with E-state index in [0.29, 0.717) is 15.1 Å². The van der Waals surface area contributed by atoms with E-state index in [2.05, 4.69) is 4.99 Å². The Bertz CT molecular complexity index is 418. The van der Waals surface area contributed by atoms with Crippen molar-refractivity contribution in [3.05, 3.63) is 29.3 Å². The molecule has 0 unspecified atom stereocenters. The van der Waals surface area contributed by atoms with Crippen LogP contribution in [0.25, 0.3) is 0 Å². The molecule has 78 valence electrons. The number of nitrogens with zero attached hydrogens (tertiary/aromatic N) is 2. The van der Waals surface area contributed by atoms with Crippen LogP contribution in [-0.2, 0) is 4.79 Å². The molecule has 0 saturated carbocycles. The molecular weight excluding hydrogens is 281 g/mol. The van der Waals surface area contributed by atoms with Crippen LogP contribution in [0.3, 0.4) is 0 Å². The average molecular weight is 289 g/mol. The molecule has 0 aromatic heterocycles. The predicted molar refractivity (Wildman–Crippen MR) is 60.1 cm³/mol. The molecule has 15 heavy (non-hydrogen) atoms. The second kappa shape index (κ2) is 4.33. The Morgan fingerprint density at radius 3 is 2.60 bits per heavy atom. The van der Waals surface area contributed by atoms with Gasteiger partial charge in [0.25, 0.3) is 0 Å². The third-order valence-corrected chi connectivity index (χ3v) is 4.07. The zero-order valence-corrected chi connectivity index (χ0v) is 10.2. The number of halogens is 1. The van der Waals surface area contributed by atoms with Gasteiger partial charge in [-0.15, -0.1) is 0 Å². The van der Waals surface area contributed by atoms with Gasteiger partial charge in [-0.3, -0.25) is 0 Å². The SMILES string of the molecule is NN1C(=O)C[Se]C1=Nc1ccc(Cl)cc1. The van der Waals surface area contributed by atoms with Gasteiger partial charge in [-0.05, 0) is 0 Å². The van der Waals surface area contributed by atoms with E-state index in [-0.39, 0.29) is 20.9 Å². The summed E-state index contributed by atoms with van der Waals surface area (Å²) in [5, 5.41) is 2.29. The predicted octanol–water partition coefficient (Wildman–Crippen LogP) is 1.17. The molecule has 0 spiro atoms. The number of benzene rings is 1. The fourth-order valence-corrected chi connectivity index (χ4v) is 2.89. The van der Waals surface area contributed by atoms with Gasteiger partial charge in [-0.25, -0.2) is 0 Å². The van der Waals surface area contributed by atoms with Crippen molar-refractivity contribution in [2.24, 2.45) is 10.8 Å². The quantitative estimate of drug-likeness (QED) is 0.479. The van der Waals surface area contributed by atoms with Crippen molar-refractivity contribution in [3.63, 3.8) is 0 Å². The molecule has 1 saturated heterocycles. The van der Waals surface area contributed by atoms with Crippen molar-refractivity contribution < 1.29 is 4.79 Å². The number of aliphatic imine (C=N–C) groups is 1. The number of hydrogen-bond donors (Lipinski definition) is 1. The van der Waals surface area contributed by atoms with E-state index in [9.17, 15) is 4.79 Å². The number of hydrogen-bond acceptors (Lipinski definition) is 3. The summed E-state index contributed by atoms with van der Waals surface area (Å²) >= 11 is 5.79. The summed E-state index contributed by atoms with van der Waals surface area (Å²) in [5.41, 5.74) is 0.765. The molecule has 1 fully saturated rings. The third kappa shape index (κ3) is 2.38. The van der Waals surface area contributed by atoms with Gasteiger partial charge < -0.3 is 0 Å². The van der Waals surface area contributed by atoms with Crippen LogP contribution in [0.4, 0.5) is 5.69 Å². The number of carbonyl (C=O) groups excluding carboxylic acids is 1. The molecule has 0 bridgehead atoms. The Balaban J connectivity index is 2.23. The van der Waals surface area contributed by atoms with Crippen LogP contribution in [0.1, 0.15) is 0 Å². The van der Waals surface area contributed by atoms with E-state index >= 15 is 0 Å². The second-order valence-corrected chi connectivity index (χ2v) is 5.34. The summed E-state index contributed by atoms with van der Waals surface area (Å²) in [6.07, 6.45) is 0. The van der Waals surface area contributed by atoms with Crippen LogP contribution in [0.15, 0.2) is 29.3 Å². The van der Waals surface area contributed by atoms with Crippen molar-refractivity contribution in [1.82, 2.24) is 5.01 Å². The first-order valence-corrected chi connectivity index (χ1v) is 6.66. The number of hydrazine groups is 1. The number of amidine groups is 1. The normalized spacial score (nSPS) is 18.9. The molecule has 1 amide bonds. The number of carbonyl (C=O) groups is 1. The fourth-order valence-electron chi connectivity index (χ4n) is 1.08. The van der Waals surface area contributed by atoms with E-state index in [1.165, 1.54) is 0 Å². The van der Waals surface area contributed by atoms with Gasteiger partial charge in [0.1, 0.15) is 0 Å². The third-order valence-electron chi connectivity index (χ3n) is 1.85. The Morgan fingerprint density at radius 2 is 2.07 bits per heavy atom. The van der Waals surface area contributed by atoms with Crippen LogP contribution in [-0.4, -0.2) is 30.6 Å². The van der Waals surface area contributed by atoms with E-state index in [4.69, 9.17) is 17.4 Å². The molecule has 1 heterocycles. The van der Waals surface area contributed by atoms with Crippen molar-refractivity contribution in [3.8, 4) is 0 Å². The van der Waals surface area contributed by atoms with Gasteiger partial charge in [-0.1, -0.05) is 0 Å². The Morgan fingerprint density at radius 1 is 1.40 bits per heavy atom. The first kappa shape index (κ1) is 10.6. The van der Waals surface area contributed by atoms with E-state index in [0.717, 1.165) is 10.7 Å². The minimum absolute atomic E-state index is 0.0471. The summed E-state index contributed by atoms with van der Waals surface area (Å²) < 4.78 is 0.662. The fraction of sp³-hybridized carbons (Fsp3) is 0.111. The molecule has 0 aliphatic carbocycles. The van der Waals surface area contributed by atoms with Gasteiger partial charge in [0, 0.05) is 0 Å². The van der Waals surface area contributed by atoms with Gasteiger partial charge in [0.2, 0.25) is 0 Å². The Hall–Kier alpha value is -0.871. The molecule has 2 rings (SSSR count). The van der Waals surface area contributed by atoms with Crippen molar-refractivity contribution in [1.29, 1.82) is 0 Å². The van der Waals surface area contributed by atoms with Crippen LogP contribution in [0, 0.1) is 0 Å². The molecular formula is C9H8ClN3OSe. The van der Waals surface area contributed by atoms with Crippen molar-refractivity contribution in [2.75, 3.05) is 0 Å². The topological polar surface area (TPSA) is 58.7 Å². The van der Waals surface area contributed by atoms with Crippen LogP contribution >= 0.6 is 11.6 Å². The van der Waals surface area contributed by atoms with Gasteiger partial charge in [0.15, 0.2) is 0 Å². The molecule has 1 aromatic carbocycles. The molecule has 0 atom stereocenters. The maximum atomic E-state index is 11.1. The molecule has 2 N–H and O–H groups in total.